The summed E-state index contributed by atoms with van der Waals surface area (Å²) >= 11 is 4.93. The first kappa shape index (κ1) is 12.4. The molecule has 0 unspecified atom stereocenters. The van der Waals surface area contributed by atoms with Crippen LogP contribution in [0, 0.1) is 13.8 Å². The van der Waals surface area contributed by atoms with E-state index >= 15 is 0 Å². The first-order chi connectivity index (χ1) is 8.02. The van der Waals surface area contributed by atoms with Gasteiger partial charge >= 0.3 is 0 Å². The van der Waals surface area contributed by atoms with E-state index in [0.29, 0.717) is 5.13 Å². The van der Waals surface area contributed by atoms with Gasteiger partial charge in [0.2, 0.25) is 0 Å². The van der Waals surface area contributed by atoms with Crippen LogP contribution in [0.3, 0.4) is 0 Å². The molecular formula is C12H13BrN2OS. The minimum absolute atomic E-state index is 0.569. The highest BCUT2D eigenvalue weighted by atomic mass is 79.9. The molecular weight excluding hydrogens is 300 g/mol. The van der Waals surface area contributed by atoms with Gasteiger partial charge < -0.3 is 10.5 Å². The Morgan fingerprint density at radius 3 is 2.53 bits per heavy atom. The highest BCUT2D eigenvalue weighted by Gasteiger charge is 2.13. The molecule has 0 bridgehead atoms. The molecule has 0 fully saturated rings. The van der Waals surface area contributed by atoms with Crippen molar-refractivity contribution >= 4 is 32.4 Å². The predicted octanol–water partition coefficient (Wildman–Crippen LogP) is 3.78. The normalized spacial score (nSPS) is 10.6. The number of rotatable bonds is 2. The quantitative estimate of drug-likeness (QED) is 0.918. The number of methoxy groups -OCH3 is 1. The molecule has 1 aromatic heterocycles. The standard InChI is InChI=1S/C12H13BrN2OS/c1-6-5-9(16-3)7(2)4-8(6)10-11(13)17-12(14)15-10/h4-5H,1-3H3,(H2,14,15). The summed E-state index contributed by atoms with van der Waals surface area (Å²) in [5.41, 5.74) is 9.91. The van der Waals surface area contributed by atoms with Crippen LogP contribution < -0.4 is 10.5 Å². The summed E-state index contributed by atoms with van der Waals surface area (Å²) in [5.74, 6) is 0.894. The summed E-state index contributed by atoms with van der Waals surface area (Å²) in [6.07, 6.45) is 0. The van der Waals surface area contributed by atoms with E-state index in [0.717, 1.165) is 31.9 Å². The van der Waals surface area contributed by atoms with E-state index in [4.69, 9.17) is 10.5 Å². The number of thiazole rings is 1. The molecule has 0 saturated heterocycles. The number of hydrogen-bond donors (Lipinski definition) is 1. The molecule has 0 amide bonds. The smallest absolute Gasteiger partial charge is 0.181 e. The van der Waals surface area contributed by atoms with Crippen molar-refractivity contribution in [2.24, 2.45) is 0 Å². The van der Waals surface area contributed by atoms with Crippen molar-refractivity contribution in [1.29, 1.82) is 0 Å². The summed E-state index contributed by atoms with van der Waals surface area (Å²) in [7, 11) is 1.68. The molecule has 90 valence electrons. The molecule has 1 heterocycles. The van der Waals surface area contributed by atoms with Gasteiger partial charge in [-0.15, -0.1) is 0 Å². The number of nitrogens with zero attached hydrogens (tertiary/aromatic N) is 1. The Balaban J connectivity index is 2.60. The zero-order chi connectivity index (χ0) is 12.6. The second-order valence-corrected chi connectivity index (χ2v) is 6.16. The van der Waals surface area contributed by atoms with E-state index in [-0.39, 0.29) is 0 Å². The summed E-state index contributed by atoms with van der Waals surface area (Å²) in [5, 5.41) is 0.569. The number of aromatic nitrogens is 1. The Morgan fingerprint density at radius 2 is 2.00 bits per heavy atom. The first-order valence-corrected chi connectivity index (χ1v) is 6.71. The Morgan fingerprint density at radius 1 is 1.29 bits per heavy atom. The van der Waals surface area contributed by atoms with Crippen LogP contribution >= 0.6 is 27.3 Å². The van der Waals surface area contributed by atoms with E-state index in [2.05, 4.69) is 27.0 Å². The van der Waals surface area contributed by atoms with Gasteiger partial charge in [0, 0.05) is 5.56 Å². The number of ether oxygens (including phenoxy) is 1. The van der Waals surface area contributed by atoms with Crippen LogP contribution in [0.25, 0.3) is 11.3 Å². The van der Waals surface area contributed by atoms with Crippen LogP contribution in [0.15, 0.2) is 15.9 Å². The number of benzene rings is 1. The van der Waals surface area contributed by atoms with Crippen molar-refractivity contribution < 1.29 is 4.74 Å². The lowest BCUT2D eigenvalue weighted by Gasteiger charge is -2.10. The fourth-order valence-corrected chi connectivity index (χ4v) is 3.12. The highest BCUT2D eigenvalue weighted by molar-refractivity contribution is 9.11. The molecule has 5 heteroatoms. The molecule has 0 radical (unpaired) electrons. The van der Waals surface area contributed by atoms with Crippen LogP contribution in [0.5, 0.6) is 5.75 Å². The number of halogens is 1. The van der Waals surface area contributed by atoms with E-state index in [1.165, 1.54) is 11.3 Å². The van der Waals surface area contributed by atoms with Gasteiger partial charge in [-0.25, -0.2) is 4.98 Å². The zero-order valence-corrected chi connectivity index (χ0v) is 12.3. The summed E-state index contributed by atoms with van der Waals surface area (Å²) < 4.78 is 6.26. The van der Waals surface area contributed by atoms with Gasteiger partial charge in [-0.05, 0) is 53.0 Å². The molecule has 2 N–H and O–H groups in total. The number of anilines is 1. The van der Waals surface area contributed by atoms with Crippen molar-refractivity contribution in [1.82, 2.24) is 4.98 Å². The summed E-state index contributed by atoms with van der Waals surface area (Å²) in [6, 6.07) is 4.10. The third kappa shape index (κ3) is 2.30. The van der Waals surface area contributed by atoms with E-state index < -0.39 is 0 Å². The second-order valence-electron chi connectivity index (χ2n) is 3.81. The van der Waals surface area contributed by atoms with Crippen LogP contribution in [-0.2, 0) is 0 Å². The van der Waals surface area contributed by atoms with Gasteiger partial charge in [0.1, 0.15) is 5.75 Å². The Hall–Kier alpha value is -1.07. The lowest BCUT2D eigenvalue weighted by molar-refractivity contribution is 0.411. The molecule has 17 heavy (non-hydrogen) atoms. The third-order valence-electron chi connectivity index (χ3n) is 2.60. The van der Waals surface area contributed by atoms with Gasteiger partial charge in [0.05, 0.1) is 16.6 Å². The lowest BCUT2D eigenvalue weighted by atomic mass is 10.0. The van der Waals surface area contributed by atoms with Crippen molar-refractivity contribution in [3.05, 3.63) is 27.0 Å². The third-order valence-corrected chi connectivity index (χ3v) is 4.13. The zero-order valence-electron chi connectivity index (χ0n) is 9.87. The number of nitrogen functional groups attached to an aromatic ring is 1. The fourth-order valence-electron chi connectivity index (χ4n) is 1.75. The van der Waals surface area contributed by atoms with Gasteiger partial charge in [-0.2, -0.15) is 0 Å². The monoisotopic (exact) mass is 312 g/mol. The Labute approximate surface area is 113 Å². The maximum Gasteiger partial charge on any atom is 0.181 e. The van der Waals surface area contributed by atoms with E-state index in [1.807, 2.05) is 19.9 Å². The van der Waals surface area contributed by atoms with Gasteiger partial charge in [0.25, 0.3) is 0 Å². The largest absolute Gasteiger partial charge is 0.496 e. The molecule has 1 aromatic carbocycles. The van der Waals surface area contributed by atoms with E-state index in [1.54, 1.807) is 7.11 Å². The maximum atomic E-state index is 5.71. The van der Waals surface area contributed by atoms with Gasteiger partial charge in [0.15, 0.2) is 5.13 Å². The minimum Gasteiger partial charge on any atom is -0.496 e. The van der Waals surface area contributed by atoms with Crippen LogP contribution in [0.1, 0.15) is 11.1 Å². The Bertz CT molecular complexity index is 566. The number of hydrogen-bond acceptors (Lipinski definition) is 4. The molecule has 2 rings (SSSR count). The van der Waals surface area contributed by atoms with Crippen molar-refractivity contribution in [3.63, 3.8) is 0 Å². The number of aryl methyl sites for hydroxylation is 2. The predicted molar refractivity (Wildman–Crippen MR) is 75.7 cm³/mol. The molecule has 0 saturated carbocycles. The average molecular weight is 313 g/mol. The van der Waals surface area contributed by atoms with E-state index in [9.17, 15) is 0 Å². The average Bonchev–Trinajstić information content (AvgIpc) is 2.60. The topological polar surface area (TPSA) is 48.1 Å². The Kier molecular flexibility index (Phi) is 3.40. The van der Waals surface area contributed by atoms with Crippen molar-refractivity contribution in [2.75, 3.05) is 12.8 Å². The maximum absolute atomic E-state index is 5.71. The van der Waals surface area contributed by atoms with Crippen molar-refractivity contribution in [3.8, 4) is 17.0 Å². The SMILES string of the molecule is COc1cc(C)c(-c2nc(N)sc2Br)cc1C. The molecule has 0 aliphatic rings. The highest BCUT2D eigenvalue weighted by Crippen LogP contribution is 2.37. The van der Waals surface area contributed by atoms with Crippen LogP contribution in [-0.4, -0.2) is 12.1 Å². The van der Waals surface area contributed by atoms with Crippen molar-refractivity contribution in [2.45, 2.75) is 13.8 Å². The summed E-state index contributed by atoms with van der Waals surface area (Å²) in [4.78, 5) is 4.35. The molecule has 2 aromatic rings. The van der Waals surface area contributed by atoms with Crippen LogP contribution in [0.2, 0.25) is 0 Å². The molecule has 0 aliphatic carbocycles. The molecule has 0 aliphatic heterocycles. The molecule has 3 nitrogen and oxygen atoms in total. The van der Waals surface area contributed by atoms with Gasteiger partial charge in [-0.3, -0.25) is 0 Å². The molecule has 0 spiro atoms. The second kappa shape index (κ2) is 4.66. The first-order valence-electron chi connectivity index (χ1n) is 5.10. The summed E-state index contributed by atoms with van der Waals surface area (Å²) in [6.45, 7) is 4.06. The van der Waals surface area contributed by atoms with Crippen LogP contribution in [0.4, 0.5) is 5.13 Å². The lowest BCUT2D eigenvalue weighted by Crippen LogP contribution is -1.92. The molecule has 0 atom stereocenters. The van der Waals surface area contributed by atoms with Gasteiger partial charge in [-0.1, -0.05) is 11.3 Å². The number of nitrogens with two attached hydrogens (primary N) is 1. The minimum atomic E-state index is 0.569. The fraction of sp³-hybridized carbons (Fsp3) is 0.250.